The average molecular weight is 478 g/mol. The summed E-state index contributed by atoms with van der Waals surface area (Å²) in [7, 11) is -2.05. The number of hydrogen-bond donors (Lipinski definition) is 3. The first-order chi connectivity index (χ1) is 15.4. The number of benzene rings is 2. The molecule has 0 radical (unpaired) electrons. The number of anilines is 1. The Hall–Kier alpha value is -2.69. The highest BCUT2D eigenvalue weighted by Crippen LogP contribution is 2.25. The molecule has 0 saturated heterocycles. The van der Waals surface area contributed by atoms with Crippen LogP contribution in [0, 0.1) is 0 Å². The lowest BCUT2D eigenvalue weighted by atomic mass is 9.96. The zero-order chi connectivity index (χ0) is 23.0. The highest BCUT2D eigenvalue weighted by molar-refractivity contribution is 7.89. The summed E-state index contributed by atoms with van der Waals surface area (Å²) < 4.78 is 38.6. The maximum absolute atomic E-state index is 12.6. The van der Waals surface area contributed by atoms with E-state index >= 15 is 0 Å². The molecule has 0 heterocycles. The molecular formula is C22H27N3O5S2. The lowest BCUT2D eigenvalue weighted by Gasteiger charge is -2.22. The second-order valence-corrected chi connectivity index (χ2v) is 9.54. The monoisotopic (exact) mass is 477 g/mol. The summed E-state index contributed by atoms with van der Waals surface area (Å²) in [6.45, 7) is -0.244. The molecule has 2 aromatic rings. The predicted molar refractivity (Wildman–Crippen MR) is 126 cm³/mol. The van der Waals surface area contributed by atoms with Crippen molar-refractivity contribution in [2.24, 2.45) is 0 Å². The second kappa shape index (κ2) is 11.3. The molecule has 2 aromatic carbocycles. The molecule has 0 bridgehead atoms. The summed E-state index contributed by atoms with van der Waals surface area (Å²) >= 11 is 5.15. The van der Waals surface area contributed by atoms with Crippen LogP contribution in [0.4, 0.5) is 5.69 Å². The Morgan fingerprint density at radius 1 is 1.03 bits per heavy atom. The third-order valence-electron chi connectivity index (χ3n) is 5.03. The van der Waals surface area contributed by atoms with Gasteiger partial charge >= 0.3 is 0 Å². The van der Waals surface area contributed by atoms with E-state index in [9.17, 15) is 13.2 Å². The number of carbonyl (C=O) groups excluding carboxylic acids is 1. The Labute approximate surface area is 193 Å². The molecule has 1 amide bonds. The van der Waals surface area contributed by atoms with Crippen molar-refractivity contribution in [3.63, 3.8) is 0 Å². The number of rotatable bonds is 8. The maximum Gasteiger partial charge on any atom is 0.264 e. The Bertz CT molecular complexity index is 1040. The molecule has 0 unspecified atom stereocenters. The first-order valence-electron chi connectivity index (χ1n) is 10.4. The van der Waals surface area contributed by atoms with Crippen molar-refractivity contribution >= 4 is 38.9 Å². The van der Waals surface area contributed by atoms with Crippen molar-refractivity contribution in [2.45, 2.75) is 43.0 Å². The number of sulfonamides is 1. The van der Waals surface area contributed by atoms with E-state index in [2.05, 4.69) is 15.4 Å². The van der Waals surface area contributed by atoms with Gasteiger partial charge in [-0.25, -0.2) is 13.1 Å². The topological polar surface area (TPSA) is 106 Å². The van der Waals surface area contributed by atoms with E-state index < -0.39 is 15.9 Å². The van der Waals surface area contributed by atoms with Crippen LogP contribution in [0.2, 0.25) is 0 Å². The van der Waals surface area contributed by atoms with Gasteiger partial charge in [-0.2, -0.15) is 0 Å². The van der Waals surface area contributed by atoms with Gasteiger partial charge < -0.3 is 14.8 Å². The summed E-state index contributed by atoms with van der Waals surface area (Å²) in [5, 5.41) is 5.46. The highest BCUT2D eigenvalue weighted by Gasteiger charge is 2.21. The van der Waals surface area contributed by atoms with Crippen LogP contribution < -0.4 is 24.8 Å². The molecule has 172 valence electrons. The van der Waals surface area contributed by atoms with Crippen LogP contribution in [0.1, 0.15) is 32.1 Å². The Balaban J connectivity index is 1.49. The first kappa shape index (κ1) is 24.0. The molecule has 1 aliphatic rings. The summed E-state index contributed by atoms with van der Waals surface area (Å²) in [6.07, 6.45) is 4.98. The Kier molecular flexibility index (Phi) is 8.43. The van der Waals surface area contributed by atoms with Gasteiger partial charge in [0, 0.05) is 11.7 Å². The SMILES string of the molecule is COc1ccccc1OCC(=O)NC(=S)Nc1ccc(S(=O)(=O)NC2CCCCC2)cc1. The van der Waals surface area contributed by atoms with Crippen molar-refractivity contribution in [1.29, 1.82) is 0 Å². The molecule has 0 spiro atoms. The molecule has 1 aliphatic carbocycles. The quantitative estimate of drug-likeness (QED) is 0.502. The van der Waals surface area contributed by atoms with Crippen molar-refractivity contribution in [1.82, 2.24) is 10.0 Å². The fraction of sp³-hybridized carbons (Fsp3) is 0.364. The van der Waals surface area contributed by atoms with Gasteiger partial charge in [-0.05, 0) is 61.5 Å². The van der Waals surface area contributed by atoms with Crippen LogP contribution in [-0.2, 0) is 14.8 Å². The number of thiocarbonyl (C=S) groups is 1. The molecule has 1 fully saturated rings. The zero-order valence-corrected chi connectivity index (χ0v) is 19.4. The van der Waals surface area contributed by atoms with Gasteiger partial charge in [0.1, 0.15) is 0 Å². The highest BCUT2D eigenvalue weighted by atomic mass is 32.2. The number of amides is 1. The van der Waals surface area contributed by atoms with Gasteiger partial charge in [0.05, 0.1) is 12.0 Å². The smallest absolute Gasteiger partial charge is 0.264 e. The number of methoxy groups -OCH3 is 1. The van der Waals surface area contributed by atoms with Gasteiger partial charge in [-0.1, -0.05) is 31.4 Å². The third-order valence-corrected chi connectivity index (χ3v) is 6.77. The minimum atomic E-state index is -3.57. The fourth-order valence-electron chi connectivity index (χ4n) is 3.43. The first-order valence-corrected chi connectivity index (χ1v) is 12.3. The van der Waals surface area contributed by atoms with E-state index in [0.717, 1.165) is 32.1 Å². The Morgan fingerprint density at radius 3 is 2.34 bits per heavy atom. The van der Waals surface area contributed by atoms with Crippen LogP contribution in [-0.4, -0.2) is 39.2 Å². The zero-order valence-electron chi connectivity index (χ0n) is 17.8. The number of ether oxygens (including phenoxy) is 2. The molecule has 8 nitrogen and oxygen atoms in total. The molecule has 0 atom stereocenters. The van der Waals surface area contributed by atoms with E-state index in [4.69, 9.17) is 21.7 Å². The van der Waals surface area contributed by atoms with Gasteiger partial charge in [-0.3, -0.25) is 10.1 Å². The summed E-state index contributed by atoms with van der Waals surface area (Å²) in [5.41, 5.74) is 0.553. The lowest BCUT2D eigenvalue weighted by Crippen LogP contribution is -2.37. The summed E-state index contributed by atoms with van der Waals surface area (Å²) in [6, 6.07) is 13.2. The molecule has 0 aliphatic heterocycles. The van der Waals surface area contributed by atoms with Gasteiger partial charge in [0.25, 0.3) is 5.91 Å². The minimum Gasteiger partial charge on any atom is -0.493 e. The van der Waals surface area contributed by atoms with Crippen molar-refractivity contribution in [3.8, 4) is 11.5 Å². The van der Waals surface area contributed by atoms with E-state index in [0.29, 0.717) is 17.2 Å². The lowest BCUT2D eigenvalue weighted by molar-refractivity contribution is -0.121. The summed E-state index contributed by atoms with van der Waals surface area (Å²) in [5.74, 6) is 0.529. The van der Waals surface area contributed by atoms with Crippen LogP contribution in [0.15, 0.2) is 53.4 Å². The van der Waals surface area contributed by atoms with Gasteiger partial charge in [0.15, 0.2) is 23.2 Å². The van der Waals surface area contributed by atoms with Gasteiger partial charge in [-0.15, -0.1) is 0 Å². The molecular weight excluding hydrogens is 450 g/mol. The van der Waals surface area contributed by atoms with E-state index in [-0.39, 0.29) is 22.7 Å². The molecule has 32 heavy (non-hydrogen) atoms. The van der Waals surface area contributed by atoms with Crippen LogP contribution in [0.25, 0.3) is 0 Å². The molecule has 10 heteroatoms. The standard InChI is InChI=1S/C22H27N3O5S2/c1-29-19-9-5-6-10-20(19)30-15-21(26)24-22(31)23-16-11-13-18(14-12-16)32(27,28)25-17-7-3-2-4-8-17/h5-6,9-14,17,25H,2-4,7-8,15H2,1H3,(H2,23,24,26,31). The Morgan fingerprint density at radius 2 is 1.69 bits per heavy atom. The van der Waals surface area contributed by atoms with Gasteiger partial charge in [0.2, 0.25) is 10.0 Å². The van der Waals surface area contributed by atoms with E-state index in [1.54, 1.807) is 36.4 Å². The van der Waals surface area contributed by atoms with Crippen LogP contribution >= 0.6 is 12.2 Å². The molecule has 3 rings (SSSR count). The number of para-hydroxylation sites is 2. The average Bonchev–Trinajstić information content (AvgIpc) is 2.78. The van der Waals surface area contributed by atoms with Crippen molar-refractivity contribution in [3.05, 3.63) is 48.5 Å². The number of carbonyl (C=O) groups is 1. The number of hydrogen-bond acceptors (Lipinski definition) is 6. The largest absolute Gasteiger partial charge is 0.493 e. The fourth-order valence-corrected chi connectivity index (χ4v) is 4.97. The molecule has 3 N–H and O–H groups in total. The number of nitrogens with one attached hydrogen (secondary N) is 3. The minimum absolute atomic E-state index is 0.00702. The molecule has 1 saturated carbocycles. The van der Waals surface area contributed by atoms with E-state index in [1.165, 1.54) is 19.2 Å². The maximum atomic E-state index is 12.6. The normalized spacial score (nSPS) is 14.4. The second-order valence-electron chi connectivity index (χ2n) is 7.42. The van der Waals surface area contributed by atoms with Crippen molar-refractivity contribution in [2.75, 3.05) is 19.0 Å². The summed E-state index contributed by atoms with van der Waals surface area (Å²) in [4.78, 5) is 12.3. The van der Waals surface area contributed by atoms with Crippen molar-refractivity contribution < 1.29 is 22.7 Å². The van der Waals surface area contributed by atoms with E-state index in [1.807, 2.05) is 0 Å². The predicted octanol–water partition coefficient (Wildman–Crippen LogP) is 3.20. The van der Waals surface area contributed by atoms with Crippen LogP contribution in [0.5, 0.6) is 11.5 Å². The van der Waals surface area contributed by atoms with Crippen LogP contribution in [0.3, 0.4) is 0 Å². The third kappa shape index (κ3) is 6.91. The molecule has 0 aromatic heterocycles.